The van der Waals surface area contributed by atoms with Crippen LogP contribution < -0.4 is 0 Å². The predicted molar refractivity (Wildman–Crippen MR) is 216 cm³/mol. The second kappa shape index (κ2) is 17.1. The molecule has 0 N–H and O–H groups in total. The van der Waals surface area contributed by atoms with Gasteiger partial charge in [-0.15, -0.1) is 0 Å². The number of hydrogen-bond acceptors (Lipinski definition) is 4. The third kappa shape index (κ3) is 9.09. The molecule has 0 aromatic heterocycles. The van der Waals surface area contributed by atoms with Gasteiger partial charge >= 0.3 is 12.4 Å². The van der Waals surface area contributed by atoms with Crippen molar-refractivity contribution in [3.05, 3.63) is 189 Å². The third-order valence-corrected chi connectivity index (χ3v) is 10.6. The molecule has 0 aliphatic carbocycles. The average Bonchev–Trinajstić information content (AvgIpc) is 3.78. The minimum absolute atomic E-state index is 0.0840. The number of benzene rings is 6. The lowest BCUT2D eigenvalue weighted by atomic mass is 9.94. The maximum Gasteiger partial charge on any atom is 0.416 e. The molecule has 14 heteroatoms. The largest absolute Gasteiger partial charge is 0.472 e. The van der Waals surface area contributed by atoms with Gasteiger partial charge in [0.2, 0.25) is 11.8 Å². The third-order valence-electron chi connectivity index (χ3n) is 10.6. The molecule has 320 valence electrons. The molecule has 0 saturated heterocycles. The molecule has 0 radical (unpaired) electrons. The predicted octanol–water partition coefficient (Wildman–Crippen LogP) is 13.7. The maximum atomic E-state index is 14.1. The number of aliphatic imine (C=N–C) groups is 2. The van der Waals surface area contributed by atoms with Crippen LogP contribution in [0.5, 0.6) is 0 Å². The number of aryl methyl sites for hydroxylation is 2. The smallest absolute Gasteiger partial charge is 0.416 e. The summed E-state index contributed by atoms with van der Waals surface area (Å²) in [5.41, 5.74) is 4.13. The molecule has 0 fully saturated rings. The lowest BCUT2D eigenvalue weighted by Crippen LogP contribution is -2.14. The van der Waals surface area contributed by atoms with Gasteiger partial charge in [-0.25, -0.2) is 27.5 Å². The molecule has 2 aliphatic heterocycles. The van der Waals surface area contributed by atoms with Crippen molar-refractivity contribution in [2.24, 2.45) is 9.98 Å². The normalized spacial score (nSPS) is 18.6. The fraction of sp³-hybridized carbons (Fsp3) is 0.208. The van der Waals surface area contributed by atoms with Crippen LogP contribution in [0.1, 0.15) is 70.4 Å². The summed E-state index contributed by atoms with van der Waals surface area (Å²) >= 11 is 0. The van der Waals surface area contributed by atoms with Gasteiger partial charge in [-0.05, 0) is 121 Å². The van der Waals surface area contributed by atoms with E-state index in [1.54, 1.807) is 26.0 Å². The minimum Gasteiger partial charge on any atom is -0.472 e. The fourth-order valence-corrected chi connectivity index (χ4v) is 7.38. The van der Waals surface area contributed by atoms with Gasteiger partial charge in [0.05, 0.1) is 11.1 Å². The van der Waals surface area contributed by atoms with E-state index in [0.29, 0.717) is 11.1 Å². The Morgan fingerprint density at radius 2 is 0.742 bits per heavy atom. The zero-order chi connectivity index (χ0) is 44.7. The van der Waals surface area contributed by atoms with Crippen molar-refractivity contribution in [1.82, 2.24) is 0 Å². The zero-order valence-electron chi connectivity index (χ0n) is 33.3. The molecule has 4 atom stereocenters. The Morgan fingerprint density at radius 3 is 1.03 bits per heavy atom. The summed E-state index contributed by atoms with van der Waals surface area (Å²) in [5, 5.41) is 0. The number of ether oxygens (including phenoxy) is 2. The Balaban J connectivity index is 0.000000186. The van der Waals surface area contributed by atoms with E-state index in [4.69, 9.17) is 9.47 Å². The van der Waals surface area contributed by atoms with Gasteiger partial charge in [-0.2, -0.15) is 26.3 Å². The number of rotatable bonds is 6. The SMILES string of the molecule is Cc1cc(-c2ccc(C(F)(F)F)cc2)ccc1[C@@H]1N=C(c2c(F)cccc2F)O[C@@H]1C.Cc1cc(-c2ccc(C(F)(F)F)cc2)ccc1[C@H]1N=C(c2c(F)cccc2F)O[C@H]1C. The Labute approximate surface area is 350 Å². The molecule has 0 spiro atoms. The van der Waals surface area contributed by atoms with Crippen LogP contribution in [-0.4, -0.2) is 24.0 Å². The van der Waals surface area contributed by atoms with Crippen LogP contribution in [0, 0.1) is 37.1 Å². The summed E-state index contributed by atoms with van der Waals surface area (Å²) in [5.74, 6) is -3.16. The first-order chi connectivity index (χ1) is 29.3. The van der Waals surface area contributed by atoms with Crippen LogP contribution in [0.25, 0.3) is 22.3 Å². The topological polar surface area (TPSA) is 43.2 Å². The fourth-order valence-electron chi connectivity index (χ4n) is 7.38. The standard InChI is InChI=1S/2C24H18F5NO/c2*1-13-12-16(15-6-9-17(10-7-15)24(27,28)29)8-11-18(13)22-14(2)31-23(30-22)21-19(25)4-3-5-20(21)26/h2*3-12,14,22H,1-2H3/t2*14-,22-/m10/s1. The van der Waals surface area contributed by atoms with Gasteiger partial charge in [0.1, 0.15) is 58.7 Å². The first-order valence-corrected chi connectivity index (χ1v) is 19.2. The summed E-state index contributed by atoms with van der Waals surface area (Å²) < 4.78 is 144. The van der Waals surface area contributed by atoms with Gasteiger partial charge in [0, 0.05) is 0 Å². The molecule has 62 heavy (non-hydrogen) atoms. The highest BCUT2D eigenvalue weighted by molar-refractivity contribution is 5.96. The maximum absolute atomic E-state index is 14.1. The molecule has 0 amide bonds. The lowest BCUT2D eigenvalue weighted by Gasteiger charge is -2.16. The van der Waals surface area contributed by atoms with Crippen LogP contribution in [0.2, 0.25) is 0 Å². The first kappa shape index (κ1) is 43.6. The molecule has 4 nitrogen and oxygen atoms in total. The van der Waals surface area contributed by atoms with Crippen molar-refractivity contribution in [2.75, 3.05) is 0 Å². The Bertz CT molecular complexity index is 2450. The highest BCUT2D eigenvalue weighted by Crippen LogP contribution is 2.38. The molecule has 0 saturated carbocycles. The van der Waals surface area contributed by atoms with Gasteiger partial charge in [-0.3, -0.25) is 0 Å². The van der Waals surface area contributed by atoms with Crippen molar-refractivity contribution in [3.8, 4) is 22.3 Å². The van der Waals surface area contributed by atoms with Gasteiger partial charge in [0.15, 0.2) is 0 Å². The highest BCUT2D eigenvalue weighted by Gasteiger charge is 2.35. The van der Waals surface area contributed by atoms with E-state index < -0.39 is 71.0 Å². The number of alkyl halides is 6. The molecule has 8 rings (SSSR count). The molecule has 0 bridgehead atoms. The van der Waals surface area contributed by atoms with Crippen molar-refractivity contribution >= 4 is 11.8 Å². The van der Waals surface area contributed by atoms with E-state index in [2.05, 4.69) is 9.98 Å². The first-order valence-electron chi connectivity index (χ1n) is 19.2. The summed E-state index contributed by atoms with van der Waals surface area (Å²) in [6.45, 7) is 7.24. The van der Waals surface area contributed by atoms with E-state index in [1.165, 1.54) is 36.4 Å². The summed E-state index contributed by atoms with van der Waals surface area (Å²) in [7, 11) is 0. The Kier molecular flexibility index (Phi) is 12.1. The van der Waals surface area contributed by atoms with E-state index in [1.807, 2.05) is 38.1 Å². The van der Waals surface area contributed by atoms with E-state index >= 15 is 0 Å². The van der Waals surface area contributed by atoms with Crippen molar-refractivity contribution in [3.63, 3.8) is 0 Å². The molecule has 6 aromatic rings. The zero-order valence-corrected chi connectivity index (χ0v) is 33.3. The Morgan fingerprint density at radius 1 is 0.435 bits per heavy atom. The highest BCUT2D eigenvalue weighted by atomic mass is 19.4. The molecule has 0 unspecified atom stereocenters. The summed E-state index contributed by atoms with van der Waals surface area (Å²) in [6.07, 6.45) is -9.65. The van der Waals surface area contributed by atoms with Crippen molar-refractivity contribution in [1.29, 1.82) is 0 Å². The second-order valence-electron chi connectivity index (χ2n) is 14.9. The van der Waals surface area contributed by atoms with E-state index in [9.17, 15) is 43.9 Å². The van der Waals surface area contributed by atoms with Gasteiger partial charge < -0.3 is 9.47 Å². The van der Waals surface area contributed by atoms with E-state index in [-0.39, 0.29) is 22.9 Å². The minimum atomic E-state index is -4.38. The summed E-state index contributed by atoms with van der Waals surface area (Å²) in [4.78, 5) is 8.85. The quantitative estimate of drug-likeness (QED) is 0.157. The second-order valence-corrected chi connectivity index (χ2v) is 14.9. The Hall–Kier alpha value is -6.44. The van der Waals surface area contributed by atoms with Crippen molar-refractivity contribution < 1.29 is 53.4 Å². The molecule has 2 heterocycles. The molecule has 2 aliphatic rings. The van der Waals surface area contributed by atoms with Crippen molar-refractivity contribution in [2.45, 2.75) is 64.3 Å². The molecular formula is C48H36F10N2O2. The number of hydrogen-bond donors (Lipinski definition) is 0. The van der Waals surface area contributed by atoms with E-state index in [0.717, 1.165) is 81.9 Å². The summed E-state index contributed by atoms with van der Waals surface area (Å²) in [6, 6.07) is 27.0. The number of nitrogens with zero attached hydrogens (tertiary/aromatic N) is 2. The van der Waals surface area contributed by atoms with Crippen LogP contribution in [0.4, 0.5) is 43.9 Å². The van der Waals surface area contributed by atoms with Crippen LogP contribution in [0.15, 0.2) is 131 Å². The molecule has 6 aromatic carbocycles. The van der Waals surface area contributed by atoms with Crippen LogP contribution in [0.3, 0.4) is 0 Å². The molecular weight excluding hydrogens is 827 g/mol. The van der Waals surface area contributed by atoms with Crippen LogP contribution in [-0.2, 0) is 21.8 Å². The average molecular weight is 863 g/mol. The van der Waals surface area contributed by atoms with Crippen LogP contribution >= 0.6 is 0 Å². The monoisotopic (exact) mass is 862 g/mol. The van der Waals surface area contributed by atoms with Gasteiger partial charge in [0.25, 0.3) is 0 Å². The lowest BCUT2D eigenvalue weighted by molar-refractivity contribution is -0.138. The number of halogens is 10. The van der Waals surface area contributed by atoms with Gasteiger partial charge in [-0.1, -0.05) is 72.8 Å².